The van der Waals surface area contributed by atoms with Crippen molar-refractivity contribution in [3.05, 3.63) is 51.8 Å². The minimum absolute atomic E-state index is 0.161. The highest BCUT2D eigenvalue weighted by atomic mass is 35.5. The Hall–Kier alpha value is -1.65. The summed E-state index contributed by atoms with van der Waals surface area (Å²) in [5.74, 6) is -0.0446. The van der Waals surface area contributed by atoms with Gasteiger partial charge in [-0.15, -0.1) is 0 Å². The van der Waals surface area contributed by atoms with Gasteiger partial charge in [-0.1, -0.05) is 41.4 Å². The van der Waals surface area contributed by atoms with Crippen molar-refractivity contribution < 1.29 is 4.79 Å². The lowest BCUT2D eigenvalue weighted by Gasteiger charge is -2.06. The number of aryl methyl sites for hydroxylation is 1. The summed E-state index contributed by atoms with van der Waals surface area (Å²) in [6.07, 6.45) is 0.161. The minimum Gasteiger partial charge on any atom is -0.294 e. The lowest BCUT2D eigenvalue weighted by molar-refractivity contribution is -0.115. The summed E-state index contributed by atoms with van der Waals surface area (Å²) in [4.78, 5) is 19.9. The van der Waals surface area contributed by atoms with Crippen LogP contribution in [-0.2, 0) is 11.2 Å². The second-order valence-electron chi connectivity index (χ2n) is 3.97. The molecule has 19 heavy (non-hydrogen) atoms. The summed E-state index contributed by atoms with van der Waals surface area (Å²) in [6, 6.07) is 8.79. The Bertz CT molecular complexity index is 596. The van der Waals surface area contributed by atoms with Crippen molar-refractivity contribution in [1.82, 2.24) is 9.97 Å². The standard InChI is InChI=1S/C13H11Cl2N3O/c1-8-6-11(15)17-13(16-8)18-12(19)7-9-4-2-3-5-10(9)14/h2-6H,7H2,1H3,(H,16,17,18,19). The normalized spacial score (nSPS) is 10.3. The van der Waals surface area contributed by atoms with Crippen LogP contribution in [0.2, 0.25) is 10.2 Å². The molecule has 2 aromatic rings. The van der Waals surface area contributed by atoms with Gasteiger partial charge in [0.15, 0.2) is 0 Å². The zero-order valence-corrected chi connectivity index (χ0v) is 11.7. The molecule has 0 radical (unpaired) electrons. The number of hydrogen-bond donors (Lipinski definition) is 1. The summed E-state index contributed by atoms with van der Waals surface area (Å²) >= 11 is 11.8. The van der Waals surface area contributed by atoms with E-state index in [1.807, 2.05) is 12.1 Å². The van der Waals surface area contributed by atoms with E-state index in [2.05, 4.69) is 15.3 Å². The number of nitrogens with zero attached hydrogens (tertiary/aromatic N) is 2. The van der Waals surface area contributed by atoms with E-state index in [9.17, 15) is 4.79 Å². The minimum atomic E-state index is -0.241. The highest BCUT2D eigenvalue weighted by Crippen LogP contribution is 2.16. The summed E-state index contributed by atoms with van der Waals surface area (Å²) in [7, 11) is 0. The van der Waals surface area contributed by atoms with Crippen LogP contribution in [0.1, 0.15) is 11.3 Å². The molecule has 1 amide bonds. The van der Waals surface area contributed by atoms with Crippen LogP contribution in [0.5, 0.6) is 0 Å². The maximum atomic E-state index is 11.9. The molecule has 0 aliphatic rings. The molecule has 2 rings (SSSR count). The van der Waals surface area contributed by atoms with Crippen molar-refractivity contribution >= 4 is 35.1 Å². The SMILES string of the molecule is Cc1cc(Cl)nc(NC(=O)Cc2ccccc2Cl)n1. The maximum Gasteiger partial charge on any atom is 0.231 e. The number of benzene rings is 1. The molecule has 0 spiro atoms. The smallest absolute Gasteiger partial charge is 0.231 e. The molecule has 0 saturated carbocycles. The van der Waals surface area contributed by atoms with Gasteiger partial charge < -0.3 is 0 Å². The Morgan fingerprint density at radius 2 is 2.00 bits per heavy atom. The van der Waals surface area contributed by atoms with Crippen LogP contribution in [0, 0.1) is 6.92 Å². The van der Waals surface area contributed by atoms with Crippen molar-refractivity contribution in [1.29, 1.82) is 0 Å². The Kier molecular flexibility index (Phi) is 4.35. The van der Waals surface area contributed by atoms with Gasteiger partial charge in [-0.25, -0.2) is 9.97 Å². The second-order valence-corrected chi connectivity index (χ2v) is 4.77. The molecule has 0 aliphatic heterocycles. The fourth-order valence-electron chi connectivity index (χ4n) is 1.57. The van der Waals surface area contributed by atoms with Crippen molar-refractivity contribution in [2.45, 2.75) is 13.3 Å². The van der Waals surface area contributed by atoms with Crippen LogP contribution in [0.25, 0.3) is 0 Å². The van der Waals surface area contributed by atoms with E-state index in [0.717, 1.165) is 5.56 Å². The van der Waals surface area contributed by atoms with Crippen LogP contribution in [0.4, 0.5) is 5.95 Å². The zero-order valence-electron chi connectivity index (χ0n) is 10.2. The number of halogens is 2. The molecule has 1 aromatic heterocycles. The number of rotatable bonds is 3. The van der Waals surface area contributed by atoms with E-state index in [1.165, 1.54) is 0 Å². The first-order valence-corrected chi connectivity index (χ1v) is 6.34. The van der Waals surface area contributed by atoms with Gasteiger partial charge in [0.1, 0.15) is 5.15 Å². The number of carbonyl (C=O) groups excluding carboxylic acids is 1. The Labute approximate surface area is 120 Å². The van der Waals surface area contributed by atoms with Gasteiger partial charge in [0.25, 0.3) is 0 Å². The van der Waals surface area contributed by atoms with Gasteiger partial charge in [-0.05, 0) is 24.6 Å². The van der Waals surface area contributed by atoms with Crippen LogP contribution in [0.15, 0.2) is 30.3 Å². The topological polar surface area (TPSA) is 54.9 Å². The number of nitrogens with one attached hydrogen (secondary N) is 1. The molecule has 0 fully saturated rings. The average Bonchev–Trinajstić information content (AvgIpc) is 2.30. The van der Waals surface area contributed by atoms with Gasteiger partial charge >= 0.3 is 0 Å². The lowest BCUT2D eigenvalue weighted by Crippen LogP contribution is -2.16. The molecule has 4 nitrogen and oxygen atoms in total. The van der Waals surface area contributed by atoms with Gasteiger partial charge in [-0.2, -0.15) is 0 Å². The molecule has 0 unspecified atom stereocenters. The predicted octanol–water partition coefficient (Wildman–Crippen LogP) is 3.27. The van der Waals surface area contributed by atoms with Crippen LogP contribution < -0.4 is 5.32 Å². The Morgan fingerprint density at radius 3 is 2.68 bits per heavy atom. The third-order valence-electron chi connectivity index (χ3n) is 2.38. The first kappa shape index (κ1) is 13.8. The number of aromatic nitrogens is 2. The van der Waals surface area contributed by atoms with E-state index in [4.69, 9.17) is 23.2 Å². The number of amides is 1. The van der Waals surface area contributed by atoms with Crippen LogP contribution >= 0.6 is 23.2 Å². The molecule has 1 aromatic carbocycles. The van der Waals surface area contributed by atoms with Crippen molar-refractivity contribution in [3.63, 3.8) is 0 Å². The van der Waals surface area contributed by atoms with E-state index < -0.39 is 0 Å². The van der Waals surface area contributed by atoms with E-state index >= 15 is 0 Å². The molecule has 1 N–H and O–H groups in total. The molecule has 98 valence electrons. The van der Waals surface area contributed by atoms with Gasteiger partial charge in [-0.3, -0.25) is 10.1 Å². The average molecular weight is 296 g/mol. The fourth-order valence-corrected chi connectivity index (χ4v) is 2.01. The summed E-state index contributed by atoms with van der Waals surface area (Å²) in [5.41, 5.74) is 1.44. The molecular weight excluding hydrogens is 285 g/mol. The van der Waals surface area contributed by atoms with Gasteiger partial charge in [0, 0.05) is 10.7 Å². The van der Waals surface area contributed by atoms with Crippen LogP contribution in [0.3, 0.4) is 0 Å². The second kappa shape index (κ2) is 5.99. The highest BCUT2D eigenvalue weighted by Gasteiger charge is 2.09. The summed E-state index contributed by atoms with van der Waals surface area (Å²) in [6.45, 7) is 1.78. The largest absolute Gasteiger partial charge is 0.294 e. The quantitative estimate of drug-likeness (QED) is 0.884. The maximum absolute atomic E-state index is 11.9. The van der Waals surface area contributed by atoms with Gasteiger partial charge in [0.05, 0.1) is 6.42 Å². The van der Waals surface area contributed by atoms with E-state index in [1.54, 1.807) is 25.1 Å². The molecular formula is C13H11Cl2N3O. The third kappa shape index (κ3) is 3.91. The summed E-state index contributed by atoms with van der Waals surface area (Å²) < 4.78 is 0. The number of hydrogen-bond acceptors (Lipinski definition) is 3. The van der Waals surface area contributed by atoms with E-state index in [-0.39, 0.29) is 18.3 Å². The molecule has 6 heteroatoms. The molecule has 0 aliphatic carbocycles. The number of anilines is 1. The van der Waals surface area contributed by atoms with Crippen molar-refractivity contribution in [2.24, 2.45) is 0 Å². The van der Waals surface area contributed by atoms with Crippen LogP contribution in [-0.4, -0.2) is 15.9 Å². The Morgan fingerprint density at radius 1 is 1.26 bits per heavy atom. The first-order chi connectivity index (χ1) is 9.04. The number of carbonyl (C=O) groups is 1. The first-order valence-electron chi connectivity index (χ1n) is 5.59. The van der Waals surface area contributed by atoms with Crippen molar-refractivity contribution in [2.75, 3.05) is 5.32 Å². The fraction of sp³-hybridized carbons (Fsp3) is 0.154. The zero-order chi connectivity index (χ0) is 13.8. The molecule has 0 atom stereocenters. The van der Waals surface area contributed by atoms with Gasteiger partial charge in [0.2, 0.25) is 11.9 Å². The predicted molar refractivity (Wildman–Crippen MR) is 75.6 cm³/mol. The van der Waals surface area contributed by atoms with Crippen molar-refractivity contribution in [3.8, 4) is 0 Å². The monoisotopic (exact) mass is 295 g/mol. The third-order valence-corrected chi connectivity index (χ3v) is 2.95. The Balaban J connectivity index is 2.07. The highest BCUT2D eigenvalue weighted by molar-refractivity contribution is 6.31. The molecule has 1 heterocycles. The summed E-state index contributed by atoms with van der Waals surface area (Å²) in [5, 5.41) is 3.44. The van der Waals surface area contributed by atoms with E-state index in [0.29, 0.717) is 15.9 Å². The molecule has 0 bridgehead atoms. The lowest BCUT2D eigenvalue weighted by atomic mass is 10.1. The molecule has 0 saturated heterocycles.